The first-order chi connectivity index (χ1) is 16.0. The van der Waals surface area contributed by atoms with Crippen molar-refractivity contribution in [3.63, 3.8) is 0 Å². The van der Waals surface area contributed by atoms with Gasteiger partial charge in [-0.25, -0.2) is 4.79 Å². The average molecular weight is 455 g/mol. The van der Waals surface area contributed by atoms with Crippen molar-refractivity contribution in [3.8, 4) is 11.1 Å². The van der Waals surface area contributed by atoms with Gasteiger partial charge in [-0.3, -0.25) is 10.1 Å². The molecule has 0 aliphatic rings. The van der Waals surface area contributed by atoms with Crippen LogP contribution in [0.25, 0.3) is 33.1 Å². The summed E-state index contributed by atoms with van der Waals surface area (Å²) < 4.78 is 11.0. The summed E-state index contributed by atoms with van der Waals surface area (Å²) in [4.78, 5) is 25.1. The van der Waals surface area contributed by atoms with Crippen LogP contribution in [0, 0.1) is 6.92 Å². The third kappa shape index (κ3) is 4.14. The van der Waals surface area contributed by atoms with E-state index >= 15 is 0 Å². The lowest BCUT2D eigenvalue weighted by molar-refractivity contribution is 0.0953. The van der Waals surface area contributed by atoms with Gasteiger partial charge in [0.15, 0.2) is 10.9 Å². The fourth-order valence-corrected chi connectivity index (χ4v) is 3.80. The Balaban J connectivity index is 1.38. The van der Waals surface area contributed by atoms with E-state index in [0.717, 1.165) is 16.3 Å². The smallest absolute Gasteiger partial charge is 0.344 e. The van der Waals surface area contributed by atoms with Gasteiger partial charge in [0.1, 0.15) is 11.2 Å². The maximum Gasteiger partial charge on any atom is 0.344 e. The van der Waals surface area contributed by atoms with E-state index < -0.39 is 11.5 Å². The molecule has 2 heterocycles. The summed E-state index contributed by atoms with van der Waals surface area (Å²) in [5.41, 5.74) is 3.40. The highest BCUT2D eigenvalue weighted by Crippen LogP contribution is 2.26. The number of anilines is 1. The van der Waals surface area contributed by atoms with Crippen LogP contribution >= 0.6 is 12.2 Å². The molecule has 0 bridgehead atoms. The van der Waals surface area contributed by atoms with Crippen LogP contribution in [0.4, 0.5) is 5.69 Å². The van der Waals surface area contributed by atoms with Crippen molar-refractivity contribution in [1.82, 2.24) is 5.32 Å². The molecular formula is C26H18N2O4S. The molecule has 0 saturated carbocycles. The lowest BCUT2D eigenvalue weighted by Gasteiger charge is -2.13. The molecular weight excluding hydrogens is 436 g/mol. The molecule has 1 amide bonds. The summed E-state index contributed by atoms with van der Waals surface area (Å²) in [5.74, 6) is -0.285. The number of carbonyl (C=O) groups excluding carboxylic acids is 1. The molecule has 0 unspecified atom stereocenters. The Hall–Kier alpha value is -4.23. The van der Waals surface area contributed by atoms with E-state index in [1.54, 1.807) is 30.3 Å². The molecule has 0 aliphatic carbocycles. The number of furan rings is 1. The molecule has 0 saturated heterocycles. The fraction of sp³-hybridized carbons (Fsp3) is 0.0385. The summed E-state index contributed by atoms with van der Waals surface area (Å²) in [6.07, 6.45) is 0. The van der Waals surface area contributed by atoms with Crippen molar-refractivity contribution in [2.45, 2.75) is 6.92 Å². The molecule has 5 rings (SSSR count). The number of para-hydroxylation sites is 2. The second-order valence-electron chi connectivity index (χ2n) is 7.57. The third-order valence-corrected chi connectivity index (χ3v) is 5.52. The topological polar surface area (TPSA) is 84.5 Å². The van der Waals surface area contributed by atoms with Crippen LogP contribution in [0.1, 0.15) is 16.1 Å². The third-order valence-electron chi connectivity index (χ3n) is 5.31. The van der Waals surface area contributed by atoms with Crippen LogP contribution in [0.2, 0.25) is 0 Å². The van der Waals surface area contributed by atoms with Crippen LogP contribution in [-0.4, -0.2) is 11.0 Å². The molecule has 162 valence electrons. The fourth-order valence-electron chi connectivity index (χ4n) is 3.60. The first-order valence-electron chi connectivity index (χ1n) is 10.2. The summed E-state index contributed by atoms with van der Waals surface area (Å²) in [6.45, 7) is 1.90. The van der Waals surface area contributed by atoms with Crippen LogP contribution in [0.15, 0.2) is 92.5 Å². The minimum absolute atomic E-state index is 0.117. The lowest BCUT2D eigenvalue weighted by Crippen LogP contribution is -2.34. The molecule has 0 fully saturated rings. The van der Waals surface area contributed by atoms with Gasteiger partial charge < -0.3 is 14.2 Å². The molecule has 0 atom stereocenters. The van der Waals surface area contributed by atoms with Crippen molar-refractivity contribution >= 4 is 50.9 Å². The Morgan fingerprint density at radius 3 is 2.24 bits per heavy atom. The molecule has 2 aromatic heterocycles. The minimum Gasteiger partial charge on any atom is -0.451 e. The Bertz CT molecular complexity index is 1570. The Kier molecular flexibility index (Phi) is 5.24. The van der Waals surface area contributed by atoms with Gasteiger partial charge in [0.2, 0.25) is 0 Å². The van der Waals surface area contributed by atoms with Gasteiger partial charge in [0, 0.05) is 16.5 Å². The van der Waals surface area contributed by atoms with E-state index in [0.29, 0.717) is 28.0 Å². The zero-order valence-corrected chi connectivity index (χ0v) is 18.4. The van der Waals surface area contributed by atoms with Gasteiger partial charge in [-0.1, -0.05) is 48.5 Å². The Morgan fingerprint density at radius 2 is 1.52 bits per heavy atom. The second kappa shape index (κ2) is 8.37. The molecule has 7 heteroatoms. The quantitative estimate of drug-likeness (QED) is 0.271. The highest BCUT2D eigenvalue weighted by molar-refractivity contribution is 7.80. The average Bonchev–Trinajstić information content (AvgIpc) is 3.25. The van der Waals surface area contributed by atoms with Crippen LogP contribution in [-0.2, 0) is 0 Å². The highest BCUT2D eigenvalue weighted by atomic mass is 32.1. The molecule has 6 nitrogen and oxygen atoms in total. The SMILES string of the molecule is Cc1ccc(-c2cc3ccccc3oc2=O)cc1NC(=S)NC(=O)c1cc2ccccc2o1. The van der Waals surface area contributed by atoms with Gasteiger partial charge in [-0.05, 0) is 60.6 Å². The maximum absolute atomic E-state index is 12.6. The summed E-state index contributed by atoms with van der Waals surface area (Å²) in [7, 11) is 0. The maximum atomic E-state index is 12.6. The minimum atomic E-state index is -0.451. The standard InChI is InChI=1S/C26H18N2O4S/c1-15-10-11-16(19-12-17-6-2-5-9-22(17)32-25(19)30)13-20(15)27-26(33)28-24(29)23-14-18-7-3-4-8-21(18)31-23/h2-14H,1H3,(H2,27,28,29,33). The first kappa shape index (κ1) is 20.7. The number of carbonyl (C=O) groups is 1. The zero-order chi connectivity index (χ0) is 22.9. The number of hydrogen-bond donors (Lipinski definition) is 2. The van der Waals surface area contributed by atoms with Crippen LogP contribution < -0.4 is 16.3 Å². The second-order valence-corrected chi connectivity index (χ2v) is 7.98. The number of rotatable bonds is 3. The number of fused-ring (bicyclic) bond motifs is 2. The predicted molar refractivity (Wildman–Crippen MR) is 133 cm³/mol. The van der Waals surface area contributed by atoms with E-state index in [9.17, 15) is 9.59 Å². The zero-order valence-electron chi connectivity index (χ0n) is 17.5. The van der Waals surface area contributed by atoms with Crippen molar-refractivity contribution in [3.05, 3.63) is 101 Å². The van der Waals surface area contributed by atoms with E-state index in [2.05, 4.69) is 10.6 Å². The van der Waals surface area contributed by atoms with E-state index in [-0.39, 0.29) is 10.9 Å². The molecule has 5 aromatic rings. The molecule has 0 radical (unpaired) electrons. The van der Waals surface area contributed by atoms with Crippen LogP contribution in [0.5, 0.6) is 0 Å². The monoisotopic (exact) mass is 454 g/mol. The molecule has 2 N–H and O–H groups in total. The molecule has 0 spiro atoms. The number of aryl methyl sites for hydroxylation is 1. The highest BCUT2D eigenvalue weighted by Gasteiger charge is 2.15. The van der Waals surface area contributed by atoms with E-state index in [1.807, 2.05) is 55.5 Å². The van der Waals surface area contributed by atoms with Crippen LogP contribution in [0.3, 0.4) is 0 Å². The van der Waals surface area contributed by atoms with Gasteiger partial charge in [0.25, 0.3) is 5.91 Å². The number of nitrogens with one attached hydrogen (secondary N) is 2. The Labute approximate surface area is 193 Å². The molecule has 33 heavy (non-hydrogen) atoms. The normalized spacial score (nSPS) is 10.9. The number of thiocarbonyl (C=S) groups is 1. The molecule has 3 aromatic carbocycles. The number of hydrogen-bond acceptors (Lipinski definition) is 5. The summed E-state index contributed by atoms with van der Waals surface area (Å²) in [6, 6.07) is 23.7. The van der Waals surface area contributed by atoms with Gasteiger partial charge in [0.05, 0.1) is 5.56 Å². The van der Waals surface area contributed by atoms with Crippen molar-refractivity contribution in [2.75, 3.05) is 5.32 Å². The van der Waals surface area contributed by atoms with Crippen molar-refractivity contribution in [2.24, 2.45) is 0 Å². The summed E-state index contributed by atoms with van der Waals surface area (Å²) >= 11 is 5.34. The number of amides is 1. The largest absolute Gasteiger partial charge is 0.451 e. The number of benzene rings is 3. The van der Waals surface area contributed by atoms with E-state index in [4.69, 9.17) is 21.1 Å². The van der Waals surface area contributed by atoms with Gasteiger partial charge >= 0.3 is 5.63 Å². The lowest BCUT2D eigenvalue weighted by atomic mass is 10.0. The predicted octanol–water partition coefficient (Wildman–Crippen LogP) is 5.64. The summed E-state index contributed by atoms with van der Waals surface area (Å²) in [5, 5.41) is 7.45. The van der Waals surface area contributed by atoms with Gasteiger partial charge in [-0.2, -0.15) is 0 Å². The van der Waals surface area contributed by atoms with Gasteiger partial charge in [-0.15, -0.1) is 0 Å². The van der Waals surface area contributed by atoms with Crippen molar-refractivity contribution in [1.29, 1.82) is 0 Å². The molecule has 0 aliphatic heterocycles. The Morgan fingerprint density at radius 1 is 0.848 bits per heavy atom. The first-order valence-corrected chi connectivity index (χ1v) is 10.6. The van der Waals surface area contributed by atoms with E-state index in [1.165, 1.54) is 0 Å². The van der Waals surface area contributed by atoms with Crippen molar-refractivity contribution < 1.29 is 13.6 Å².